The van der Waals surface area contributed by atoms with Gasteiger partial charge in [0, 0.05) is 17.3 Å². The third-order valence-corrected chi connectivity index (χ3v) is 3.66. The summed E-state index contributed by atoms with van der Waals surface area (Å²) in [6.07, 6.45) is 0. The number of nitrogens with one attached hydrogen (secondary N) is 1. The van der Waals surface area contributed by atoms with Gasteiger partial charge in [0.1, 0.15) is 11.6 Å². The van der Waals surface area contributed by atoms with Crippen LogP contribution in [0.3, 0.4) is 0 Å². The molecule has 0 aromatic heterocycles. The van der Waals surface area contributed by atoms with Gasteiger partial charge in [-0.05, 0) is 42.8 Å². The van der Waals surface area contributed by atoms with Gasteiger partial charge in [0.25, 0.3) is 0 Å². The molecule has 1 aliphatic heterocycles. The standard InChI is InChI=1S/C17H14FNO3/c1-10-14-7-11(5-6-15(14)19-17(10)21)16(20)9-22-13-4-2-3-12(18)8-13/h2-8,10H,9H2,1H3,(H,19,21)/t10-/m1/s1. The minimum Gasteiger partial charge on any atom is -0.485 e. The average Bonchev–Trinajstić information content (AvgIpc) is 2.79. The van der Waals surface area contributed by atoms with Gasteiger partial charge in [0.15, 0.2) is 12.4 Å². The van der Waals surface area contributed by atoms with E-state index in [9.17, 15) is 14.0 Å². The molecule has 0 aliphatic carbocycles. The lowest BCUT2D eigenvalue weighted by Gasteiger charge is -2.07. The predicted octanol–water partition coefficient (Wildman–Crippen LogP) is 3.14. The van der Waals surface area contributed by atoms with Crippen LogP contribution in [0.1, 0.15) is 28.8 Å². The number of Topliss-reactive ketones (excluding diaryl/α,β-unsaturated/α-hetero) is 1. The minimum absolute atomic E-state index is 0.0735. The normalized spacial score (nSPS) is 16.1. The summed E-state index contributed by atoms with van der Waals surface area (Å²) in [5.41, 5.74) is 2.01. The van der Waals surface area contributed by atoms with Crippen molar-refractivity contribution >= 4 is 17.4 Å². The molecule has 1 aliphatic rings. The lowest BCUT2D eigenvalue weighted by atomic mass is 9.99. The summed E-state index contributed by atoms with van der Waals surface area (Å²) >= 11 is 0. The molecular formula is C17H14FNO3. The first-order chi connectivity index (χ1) is 10.5. The number of amides is 1. The lowest BCUT2D eigenvalue weighted by Crippen LogP contribution is -2.12. The Morgan fingerprint density at radius 2 is 2.09 bits per heavy atom. The van der Waals surface area contributed by atoms with E-state index in [1.807, 2.05) is 0 Å². The van der Waals surface area contributed by atoms with Gasteiger partial charge in [0.05, 0.1) is 5.92 Å². The maximum Gasteiger partial charge on any atom is 0.231 e. The highest BCUT2D eigenvalue weighted by atomic mass is 19.1. The van der Waals surface area contributed by atoms with Crippen molar-refractivity contribution < 1.29 is 18.7 Å². The van der Waals surface area contributed by atoms with E-state index < -0.39 is 5.82 Å². The molecule has 112 valence electrons. The van der Waals surface area contributed by atoms with Gasteiger partial charge in [-0.2, -0.15) is 0 Å². The smallest absolute Gasteiger partial charge is 0.231 e. The molecule has 2 aromatic carbocycles. The van der Waals surface area contributed by atoms with Gasteiger partial charge in [-0.1, -0.05) is 6.07 Å². The molecule has 0 unspecified atom stereocenters. The molecule has 1 N–H and O–H groups in total. The highest BCUT2D eigenvalue weighted by molar-refractivity contribution is 6.04. The van der Waals surface area contributed by atoms with E-state index in [1.165, 1.54) is 18.2 Å². The van der Waals surface area contributed by atoms with Crippen LogP contribution in [0.2, 0.25) is 0 Å². The van der Waals surface area contributed by atoms with Gasteiger partial charge in [-0.3, -0.25) is 9.59 Å². The molecule has 1 atom stereocenters. The van der Waals surface area contributed by atoms with Crippen LogP contribution >= 0.6 is 0 Å². The Kier molecular flexibility index (Phi) is 3.63. The highest BCUT2D eigenvalue weighted by Gasteiger charge is 2.27. The minimum atomic E-state index is -0.416. The van der Waals surface area contributed by atoms with E-state index >= 15 is 0 Å². The van der Waals surface area contributed by atoms with Crippen molar-refractivity contribution in [2.24, 2.45) is 0 Å². The molecule has 0 saturated carbocycles. The van der Waals surface area contributed by atoms with Gasteiger partial charge < -0.3 is 10.1 Å². The predicted molar refractivity (Wildman–Crippen MR) is 79.7 cm³/mol. The number of halogens is 1. The average molecular weight is 299 g/mol. The molecule has 0 saturated heterocycles. The van der Waals surface area contributed by atoms with Gasteiger partial charge in [-0.25, -0.2) is 4.39 Å². The summed E-state index contributed by atoms with van der Waals surface area (Å²) in [4.78, 5) is 23.8. The topological polar surface area (TPSA) is 55.4 Å². The molecule has 0 radical (unpaired) electrons. The summed E-state index contributed by atoms with van der Waals surface area (Å²) < 4.78 is 18.3. The second-order valence-corrected chi connectivity index (χ2v) is 5.18. The monoisotopic (exact) mass is 299 g/mol. The fraction of sp³-hybridized carbons (Fsp3) is 0.176. The van der Waals surface area contributed by atoms with Crippen molar-refractivity contribution in [1.82, 2.24) is 0 Å². The Labute approximate surface area is 126 Å². The Balaban J connectivity index is 1.72. The molecule has 22 heavy (non-hydrogen) atoms. The number of hydrogen-bond acceptors (Lipinski definition) is 3. The Morgan fingerprint density at radius 3 is 2.86 bits per heavy atom. The molecule has 4 nitrogen and oxygen atoms in total. The largest absolute Gasteiger partial charge is 0.485 e. The van der Waals surface area contributed by atoms with Crippen LogP contribution in [0.25, 0.3) is 0 Å². The summed E-state index contributed by atoms with van der Waals surface area (Å²) in [6.45, 7) is 1.61. The molecule has 2 aromatic rings. The van der Waals surface area contributed by atoms with Gasteiger partial charge in [-0.15, -0.1) is 0 Å². The van der Waals surface area contributed by atoms with E-state index in [0.29, 0.717) is 11.3 Å². The van der Waals surface area contributed by atoms with Crippen molar-refractivity contribution in [2.75, 3.05) is 11.9 Å². The molecule has 0 spiro atoms. The number of benzene rings is 2. The number of carbonyl (C=O) groups excluding carboxylic acids is 2. The Bertz CT molecular complexity index is 757. The SMILES string of the molecule is C[C@H]1C(=O)Nc2ccc(C(=O)COc3cccc(F)c3)cc21. The zero-order valence-electron chi connectivity index (χ0n) is 11.9. The number of rotatable bonds is 4. The summed E-state index contributed by atoms with van der Waals surface area (Å²) in [5.74, 6) is -0.679. The van der Waals surface area contributed by atoms with Gasteiger partial charge >= 0.3 is 0 Å². The quantitative estimate of drug-likeness (QED) is 0.882. The van der Waals surface area contributed by atoms with Crippen molar-refractivity contribution in [3.05, 3.63) is 59.4 Å². The fourth-order valence-electron chi connectivity index (χ4n) is 2.38. The number of anilines is 1. The molecule has 5 heteroatoms. The van der Waals surface area contributed by atoms with Crippen molar-refractivity contribution in [3.63, 3.8) is 0 Å². The first kappa shape index (κ1) is 14.3. The second-order valence-electron chi connectivity index (χ2n) is 5.18. The first-order valence-corrected chi connectivity index (χ1v) is 6.91. The maximum absolute atomic E-state index is 13.0. The summed E-state index contributed by atoms with van der Waals surface area (Å²) in [6, 6.07) is 10.7. The van der Waals surface area contributed by atoms with Crippen LogP contribution in [0.4, 0.5) is 10.1 Å². The maximum atomic E-state index is 13.0. The molecule has 0 fully saturated rings. The summed E-state index contributed by atoms with van der Waals surface area (Å²) in [5, 5.41) is 2.75. The Morgan fingerprint density at radius 1 is 1.27 bits per heavy atom. The zero-order valence-corrected chi connectivity index (χ0v) is 11.9. The summed E-state index contributed by atoms with van der Waals surface area (Å²) in [7, 11) is 0. The molecule has 1 amide bonds. The first-order valence-electron chi connectivity index (χ1n) is 6.91. The van der Waals surface area contributed by atoms with E-state index in [4.69, 9.17) is 4.74 Å². The number of hydrogen-bond donors (Lipinski definition) is 1. The molecular weight excluding hydrogens is 285 g/mol. The van der Waals surface area contributed by atoms with Crippen molar-refractivity contribution in [3.8, 4) is 5.75 Å². The van der Waals surface area contributed by atoms with Gasteiger partial charge in [0.2, 0.25) is 5.91 Å². The van der Waals surface area contributed by atoms with Crippen molar-refractivity contribution in [2.45, 2.75) is 12.8 Å². The molecule has 0 bridgehead atoms. The zero-order chi connectivity index (χ0) is 15.7. The van der Waals surface area contributed by atoms with Crippen LogP contribution in [0.5, 0.6) is 5.75 Å². The van der Waals surface area contributed by atoms with E-state index in [-0.39, 0.29) is 24.2 Å². The third kappa shape index (κ3) is 2.70. The third-order valence-electron chi connectivity index (χ3n) is 3.66. The highest BCUT2D eigenvalue weighted by Crippen LogP contribution is 2.32. The second kappa shape index (κ2) is 5.60. The van der Waals surface area contributed by atoms with Crippen LogP contribution in [0, 0.1) is 5.82 Å². The van der Waals surface area contributed by atoms with E-state index in [1.54, 1.807) is 31.2 Å². The molecule has 3 rings (SSSR count). The number of fused-ring (bicyclic) bond motifs is 1. The van der Waals surface area contributed by atoms with E-state index in [2.05, 4.69) is 5.32 Å². The van der Waals surface area contributed by atoms with Crippen LogP contribution in [-0.2, 0) is 4.79 Å². The number of carbonyl (C=O) groups is 2. The Hall–Kier alpha value is -2.69. The number of ketones is 1. The molecule has 1 heterocycles. The van der Waals surface area contributed by atoms with E-state index in [0.717, 1.165) is 11.3 Å². The van der Waals surface area contributed by atoms with Crippen LogP contribution in [0.15, 0.2) is 42.5 Å². The van der Waals surface area contributed by atoms with Crippen LogP contribution in [-0.4, -0.2) is 18.3 Å². The number of ether oxygens (including phenoxy) is 1. The lowest BCUT2D eigenvalue weighted by molar-refractivity contribution is -0.116. The fourth-order valence-corrected chi connectivity index (χ4v) is 2.38. The van der Waals surface area contributed by atoms with Crippen molar-refractivity contribution in [1.29, 1.82) is 0 Å². The van der Waals surface area contributed by atoms with Crippen LogP contribution < -0.4 is 10.1 Å².